The van der Waals surface area contributed by atoms with Crippen molar-refractivity contribution in [3.05, 3.63) is 15.6 Å². The van der Waals surface area contributed by atoms with Gasteiger partial charge < -0.3 is 11.1 Å². The van der Waals surface area contributed by atoms with Gasteiger partial charge in [-0.05, 0) is 33.1 Å². The highest BCUT2D eigenvalue weighted by Gasteiger charge is 2.27. The van der Waals surface area contributed by atoms with Crippen molar-refractivity contribution >= 4 is 17.2 Å². The van der Waals surface area contributed by atoms with Crippen LogP contribution in [0, 0.1) is 19.8 Å². The van der Waals surface area contributed by atoms with E-state index in [2.05, 4.69) is 24.1 Å². The van der Waals surface area contributed by atoms with Gasteiger partial charge in [-0.3, -0.25) is 4.79 Å². The molecule has 1 unspecified atom stereocenters. The first-order chi connectivity index (χ1) is 8.27. The summed E-state index contributed by atoms with van der Waals surface area (Å²) >= 11 is 1.43. The molecule has 4 nitrogen and oxygen atoms in total. The van der Waals surface area contributed by atoms with Crippen molar-refractivity contribution in [3.63, 3.8) is 0 Å². The van der Waals surface area contributed by atoms with Gasteiger partial charge in [0.1, 0.15) is 4.88 Å². The zero-order valence-electron chi connectivity index (χ0n) is 11.8. The van der Waals surface area contributed by atoms with Crippen molar-refractivity contribution < 1.29 is 4.79 Å². The second-order valence-electron chi connectivity index (χ2n) is 5.46. The van der Waals surface area contributed by atoms with Crippen molar-refractivity contribution in [2.24, 2.45) is 11.7 Å². The van der Waals surface area contributed by atoms with E-state index < -0.39 is 0 Å². The fourth-order valence-corrected chi connectivity index (χ4v) is 2.97. The topological polar surface area (TPSA) is 68.0 Å². The lowest BCUT2D eigenvalue weighted by Gasteiger charge is -2.31. The Hall–Kier alpha value is -0.940. The normalized spacial score (nSPS) is 14.6. The molecule has 1 aromatic rings. The summed E-state index contributed by atoms with van der Waals surface area (Å²) in [6.07, 6.45) is 0.867. The summed E-state index contributed by atoms with van der Waals surface area (Å²) in [5.74, 6) is 0.426. The van der Waals surface area contributed by atoms with Crippen LogP contribution in [0.4, 0.5) is 0 Å². The van der Waals surface area contributed by atoms with Crippen LogP contribution in [0.1, 0.15) is 47.6 Å². The van der Waals surface area contributed by atoms with E-state index in [4.69, 9.17) is 5.73 Å². The van der Waals surface area contributed by atoms with Crippen LogP contribution in [0.5, 0.6) is 0 Å². The number of hydrogen-bond acceptors (Lipinski definition) is 4. The molecule has 0 saturated carbocycles. The van der Waals surface area contributed by atoms with Crippen molar-refractivity contribution in [2.45, 2.75) is 46.6 Å². The van der Waals surface area contributed by atoms with Crippen LogP contribution in [0.15, 0.2) is 0 Å². The van der Waals surface area contributed by atoms with Crippen molar-refractivity contribution in [1.29, 1.82) is 0 Å². The van der Waals surface area contributed by atoms with Gasteiger partial charge >= 0.3 is 0 Å². The van der Waals surface area contributed by atoms with Crippen LogP contribution in [0.2, 0.25) is 0 Å². The first-order valence-electron chi connectivity index (χ1n) is 6.24. The van der Waals surface area contributed by atoms with Crippen LogP contribution < -0.4 is 11.1 Å². The van der Waals surface area contributed by atoms with E-state index in [0.717, 1.165) is 17.1 Å². The summed E-state index contributed by atoms with van der Waals surface area (Å²) in [6.45, 7) is 10.5. The monoisotopic (exact) mass is 269 g/mol. The molecule has 0 radical (unpaired) electrons. The third-order valence-corrected chi connectivity index (χ3v) is 3.91. The Bertz CT molecular complexity index is 428. The highest BCUT2D eigenvalue weighted by atomic mass is 32.1. The predicted octanol–water partition coefficient (Wildman–Crippen LogP) is 2.25. The molecule has 0 saturated heterocycles. The Morgan fingerprint density at radius 1 is 1.50 bits per heavy atom. The second-order valence-corrected chi connectivity index (χ2v) is 6.67. The molecule has 0 fully saturated rings. The molecule has 0 aliphatic rings. The minimum Gasteiger partial charge on any atom is -0.345 e. The number of carbonyl (C=O) groups is 1. The summed E-state index contributed by atoms with van der Waals surface area (Å²) in [5, 5.41) is 3.96. The lowest BCUT2D eigenvalue weighted by molar-refractivity contribution is 0.0901. The Kier molecular flexibility index (Phi) is 4.87. The molecule has 1 amide bonds. The number of amides is 1. The van der Waals surface area contributed by atoms with E-state index in [-0.39, 0.29) is 11.4 Å². The average Bonchev–Trinajstić information content (AvgIpc) is 2.56. The number of carbonyl (C=O) groups excluding carboxylic acids is 1. The van der Waals surface area contributed by atoms with Crippen molar-refractivity contribution in [3.8, 4) is 0 Å². The first-order valence-corrected chi connectivity index (χ1v) is 7.05. The van der Waals surface area contributed by atoms with Crippen LogP contribution in [-0.2, 0) is 0 Å². The van der Waals surface area contributed by atoms with Crippen LogP contribution in [-0.4, -0.2) is 23.0 Å². The third kappa shape index (κ3) is 3.78. The lowest BCUT2D eigenvalue weighted by atomic mass is 9.90. The maximum absolute atomic E-state index is 12.2. The fourth-order valence-electron chi connectivity index (χ4n) is 2.16. The van der Waals surface area contributed by atoms with Gasteiger partial charge in [0.25, 0.3) is 5.91 Å². The minimum atomic E-state index is -0.352. The number of hydrogen-bond donors (Lipinski definition) is 2. The number of thiazole rings is 1. The highest BCUT2D eigenvalue weighted by Crippen LogP contribution is 2.20. The molecule has 1 rings (SSSR count). The zero-order valence-corrected chi connectivity index (χ0v) is 12.6. The molecule has 1 heterocycles. The molecule has 0 spiro atoms. The van der Waals surface area contributed by atoms with Crippen LogP contribution in [0.25, 0.3) is 0 Å². The molecule has 102 valence electrons. The summed E-state index contributed by atoms with van der Waals surface area (Å²) in [4.78, 5) is 17.2. The molecule has 18 heavy (non-hydrogen) atoms. The Morgan fingerprint density at radius 3 is 2.50 bits per heavy atom. The Labute approximate surface area is 113 Å². The van der Waals surface area contributed by atoms with Crippen LogP contribution in [0.3, 0.4) is 0 Å². The third-order valence-electron chi connectivity index (χ3n) is 2.83. The van der Waals surface area contributed by atoms with Gasteiger partial charge in [0.15, 0.2) is 0 Å². The lowest BCUT2D eigenvalue weighted by Crippen LogP contribution is -2.52. The number of nitrogens with one attached hydrogen (secondary N) is 1. The van der Waals surface area contributed by atoms with Gasteiger partial charge in [-0.25, -0.2) is 4.98 Å². The van der Waals surface area contributed by atoms with E-state index in [1.54, 1.807) is 0 Å². The molecule has 3 N–H and O–H groups in total. The van der Waals surface area contributed by atoms with Crippen molar-refractivity contribution in [1.82, 2.24) is 10.3 Å². The number of nitrogens with zero attached hydrogens (tertiary/aromatic N) is 1. The summed E-state index contributed by atoms with van der Waals surface area (Å²) in [6, 6.07) is 0. The van der Waals surface area contributed by atoms with Gasteiger partial charge in [-0.15, -0.1) is 11.3 Å². The van der Waals surface area contributed by atoms with Crippen LogP contribution >= 0.6 is 11.3 Å². The quantitative estimate of drug-likeness (QED) is 0.861. The summed E-state index contributed by atoms with van der Waals surface area (Å²) < 4.78 is 0. The number of aryl methyl sites for hydroxylation is 2. The van der Waals surface area contributed by atoms with Gasteiger partial charge in [0, 0.05) is 6.54 Å². The van der Waals surface area contributed by atoms with E-state index >= 15 is 0 Å². The van der Waals surface area contributed by atoms with Gasteiger partial charge in [0.05, 0.1) is 16.2 Å². The van der Waals surface area contributed by atoms with E-state index in [9.17, 15) is 4.79 Å². The molecular formula is C13H23N3OS. The number of rotatable bonds is 5. The Balaban J connectivity index is 2.82. The van der Waals surface area contributed by atoms with Gasteiger partial charge in [-0.1, -0.05) is 13.8 Å². The molecule has 0 aromatic carbocycles. The standard InChI is InChI=1S/C13H23N3OS/c1-8(2)6-13(5,7-14)16-12(17)11-9(3)15-10(4)18-11/h8H,6-7,14H2,1-5H3,(H,16,17). The zero-order chi connectivity index (χ0) is 13.9. The van der Waals surface area contributed by atoms with Gasteiger partial charge in [0.2, 0.25) is 0 Å². The number of nitrogens with two attached hydrogens (primary N) is 1. The highest BCUT2D eigenvalue weighted by molar-refractivity contribution is 7.13. The van der Waals surface area contributed by atoms with E-state index in [0.29, 0.717) is 17.3 Å². The maximum atomic E-state index is 12.2. The molecule has 1 atom stereocenters. The SMILES string of the molecule is Cc1nc(C)c(C(=O)NC(C)(CN)CC(C)C)s1. The van der Waals surface area contributed by atoms with Gasteiger partial charge in [-0.2, -0.15) is 0 Å². The molecular weight excluding hydrogens is 246 g/mol. The summed E-state index contributed by atoms with van der Waals surface area (Å²) in [5.41, 5.74) is 6.24. The molecule has 5 heteroatoms. The second kappa shape index (κ2) is 5.80. The molecule has 0 aliphatic carbocycles. The first kappa shape index (κ1) is 15.1. The minimum absolute atomic E-state index is 0.0632. The summed E-state index contributed by atoms with van der Waals surface area (Å²) in [7, 11) is 0. The van der Waals surface area contributed by atoms with E-state index in [1.807, 2.05) is 20.8 Å². The molecule has 1 aromatic heterocycles. The Morgan fingerprint density at radius 2 is 2.11 bits per heavy atom. The fraction of sp³-hybridized carbons (Fsp3) is 0.692. The molecule has 0 bridgehead atoms. The largest absolute Gasteiger partial charge is 0.345 e. The predicted molar refractivity (Wildman–Crippen MR) is 76.0 cm³/mol. The average molecular weight is 269 g/mol. The van der Waals surface area contributed by atoms with Crippen molar-refractivity contribution in [2.75, 3.05) is 6.54 Å². The van der Waals surface area contributed by atoms with E-state index in [1.165, 1.54) is 11.3 Å². The molecule has 0 aliphatic heterocycles. The maximum Gasteiger partial charge on any atom is 0.263 e. The number of aromatic nitrogens is 1. The smallest absolute Gasteiger partial charge is 0.263 e.